The Hall–Kier alpha value is -1.11. The number of carboxylic acids is 1. The van der Waals surface area contributed by atoms with E-state index >= 15 is 0 Å². The molecule has 0 amide bonds. The van der Waals surface area contributed by atoms with Crippen LogP contribution in [-0.2, 0) is 11.3 Å². The summed E-state index contributed by atoms with van der Waals surface area (Å²) < 4.78 is 1.66. The van der Waals surface area contributed by atoms with Crippen LogP contribution in [0.25, 0.3) is 0 Å². The van der Waals surface area contributed by atoms with Crippen molar-refractivity contribution in [3.05, 3.63) is 0 Å². The van der Waals surface area contributed by atoms with Gasteiger partial charge in [0.25, 0.3) is 0 Å². The molecule has 0 aliphatic carbocycles. The smallest absolute Gasteiger partial charge is 0.313 e. The number of carboxylic acid groups (broad SMARTS) is 1. The highest BCUT2D eigenvalue weighted by atomic mass is 32.2. The molecule has 0 unspecified atom stereocenters. The lowest BCUT2D eigenvalue weighted by atomic mass is 10.2. The summed E-state index contributed by atoms with van der Waals surface area (Å²) in [6, 6.07) is 0. The Labute approximate surface area is 92.0 Å². The number of carbonyl (C=O) groups is 1. The van der Waals surface area contributed by atoms with Gasteiger partial charge in [0.1, 0.15) is 0 Å². The fourth-order valence-corrected chi connectivity index (χ4v) is 1.70. The minimum atomic E-state index is -0.858. The van der Waals surface area contributed by atoms with Gasteiger partial charge in [-0.2, -0.15) is 0 Å². The van der Waals surface area contributed by atoms with Crippen LogP contribution < -0.4 is 0 Å². The summed E-state index contributed by atoms with van der Waals surface area (Å²) in [6.07, 6.45) is 3.28. The molecule has 0 saturated heterocycles. The normalized spacial score (nSPS) is 10.5. The lowest BCUT2D eigenvalue weighted by Crippen LogP contribution is -2.05. The second-order valence-electron chi connectivity index (χ2n) is 3.07. The van der Waals surface area contributed by atoms with Crippen molar-refractivity contribution in [1.29, 1.82) is 0 Å². The fourth-order valence-electron chi connectivity index (χ4n) is 1.08. The van der Waals surface area contributed by atoms with Crippen LogP contribution in [0.1, 0.15) is 26.2 Å². The van der Waals surface area contributed by atoms with E-state index in [0.717, 1.165) is 37.6 Å². The monoisotopic (exact) mass is 230 g/mol. The van der Waals surface area contributed by atoms with E-state index in [4.69, 9.17) is 5.11 Å². The lowest BCUT2D eigenvalue weighted by Gasteiger charge is -2.01. The highest BCUT2D eigenvalue weighted by molar-refractivity contribution is 7.99. The van der Waals surface area contributed by atoms with Crippen molar-refractivity contribution >= 4 is 17.7 Å². The first-order valence-electron chi connectivity index (χ1n) is 4.84. The van der Waals surface area contributed by atoms with Crippen LogP contribution in [0.5, 0.6) is 0 Å². The number of thioether (sulfide) groups is 1. The largest absolute Gasteiger partial charge is 0.481 e. The topological polar surface area (TPSA) is 80.9 Å². The van der Waals surface area contributed by atoms with E-state index in [-0.39, 0.29) is 5.75 Å². The molecule has 0 aliphatic rings. The van der Waals surface area contributed by atoms with E-state index in [2.05, 4.69) is 22.4 Å². The summed E-state index contributed by atoms with van der Waals surface area (Å²) in [5.41, 5.74) is 0. The molecule has 0 atom stereocenters. The predicted octanol–water partition coefficient (Wildman–Crippen LogP) is 1.04. The molecule has 0 aromatic carbocycles. The van der Waals surface area contributed by atoms with Gasteiger partial charge in [-0.25, -0.2) is 4.68 Å². The maximum absolute atomic E-state index is 10.4. The Morgan fingerprint density at radius 3 is 3.00 bits per heavy atom. The van der Waals surface area contributed by atoms with Gasteiger partial charge in [-0.1, -0.05) is 31.5 Å². The first-order chi connectivity index (χ1) is 7.24. The van der Waals surface area contributed by atoms with Gasteiger partial charge in [-0.05, 0) is 16.8 Å². The minimum absolute atomic E-state index is 0.00580. The van der Waals surface area contributed by atoms with Gasteiger partial charge >= 0.3 is 5.97 Å². The predicted molar refractivity (Wildman–Crippen MR) is 55.7 cm³/mol. The average Bonchev–Trinajstić information content (AvgIpc) is 2.63. The summed E-state index contributed by atoms with van der Waals surface area (Å²) >= 11 is 1.15. The number of unbranched alkanes of at least 4 members (excludes halogenated alkanes) is 2. The fraction of sp³-hybridized carbons (Fsp3) is 0.750. The Balaban J connectivity index is 2.42. The number of hydrogen-bond donors (Lipinski definition) is 1. The van der Waals surface area contributed by atoms with Crippen LogP contribution in [0.3, 0.4) is 0 Å². The van der Waals surface area contributed by atoms with Crippen LogP contribution in [0.2, 0.25) is 0 Å². The number of nitrogens with zero attached hydrogens (tertiary/aromatic N) is 4. The van der Waals surface area contributed by atoms with Crippen molar-refractivity contribution in [2.75, 3.05) is 5.75 Å². The molecule has 84 valence electrons. The highest BCUT2D eigenvalue weighted by Gasteiger charge is 2.08. The lowest BCUT2D eigenvalue weighted by molar-refractivity contribution is -0.133. The summed E-state index contributed by atoms with van der Waals surface area (Å²) in [6.45, 7) is 2.88. The molecular formula is C8H14N4O2S. The van der Waals surface area contributed by atoms with Crippen LogP contribution in [-0.4, -0.2) is 37.0 Å². The average molecular weight is 230 g/mol. The first-order valence-corrected chi connectivity index (χ1v) is 5.83. The number of aromatic nitrogens is 4. The van der Waals surface area contributed by atoms with Crippen molar-refractivity contribution in [2.45, 2.75) is 37.9 Å². The molecule has 0 fully saturated rings. The molecule has 1 aromatic heterocycles. The van der Waals surface area contributed by atoms with Crippen molar-refractivity contribution in [3.8, 4) is 0 Å². The Morgan fingerprint density at radius 1 is 1.53 bits per heavy atom. The van der Waals surface area contributed by atoms with E-state index < -0.39 is 5.97 Å². The molecule has 0 aliphatic heterocycles. The zero-order valence-corrected chi connectivity index (χ0v) is 9.40. The first kappa shape index (κ1) is 12.0. The Bertz CT molecular complexity index is 315. The van der Waals surface area contributed by atoms with Gasteiger partial charge in [0.2, 0.25) is 5.16 Å². The minimum Gasteiger partial charge on any atom is -0.481 e. The molecular weight excluding hydrogens is 216 g/mol. The standard InChI is InChI=1S/C8H14N4O2S/c1-2-3-4-5-12-8(9-10-11-12)15-6-7(13)14/h2-6H2,1H3,(H,13,14). The van der Waals surface area contributed by atoms with E-state index in [9.17, 15) is 4.79 Å². The molecule has 15 heavy (non-hydrogen) atoms. The van der Waals surface area contributed by atoms with Crippen LogP contribution >= 0.6 is 11.8 Å². The Morgan fingerprint density at radius 2 is 2.33 bits per heavy atom. The zero-order valence-electron chi connectivity index (χ0n) is 8.59. The van der Waals surface area contributed by atoms with Crippen LogP contribution in [0.4, 0.5) is 0 Å². The number of tetrazole rings is 1. The van der Waals surface area contributed by atoms with Crippen molar-refractivity contribution in [3.63, 3.8) is 0 Å². The van der Waals surface area contributed by atoms with Crippen LogP contribution in [0, 0.1) is 0 Å². The van der Waals surface area contributed by atoms with Crippen molar-refractivity contribution < 1.29 is 9.90 Å². The summed E-state index contributed by atoms with van der Waals surface area (Å²) in [5, 5.41) is 20.2. The van der Waals surface area contributed by atoms with Gasteiger partial charge in [-0.3, -0.25) is 4.79 Å². The molecule has 1 heterocycles. The summed E-state index contributed by atoms with van der Waals surface area (Å²) in [7, 11) is 0. The molecule has 0 spiro atoms. The Kier molecular flexibility index (Phi) is 5.09. The molecule has 7 heteroatoms. The highest BCUT2D eigenvalue weighted by Crippen LogP contribution is 2.13. The second kappa shape index (κ2) is 6.39. The second-order valence-corrected chi connectivity index (χ2v) is 4.02. The van der Waals surface area contributed by atoms with Crippen molar-refractivity contribution in [1.82, 2.24) is 20.2 Å². The van der Waals surface area contributed by atoms with E-state index in [1.807, 2.05) is 0 Å². The number of aliphatic carboxylic acids is 1. The molecule has 1 N–H and O–H groups in total. The zero-order chi connectivity index (χ0) is 11.1. The molecule has 1 aromatic rings. The summed E-state index contributed by atoms with van der Waals surface area (Å²) in [5.74, 6) is -0.864. The number of hydrogen-bond acceptors (Lipinski definition) is 5. The van der Waals surface area contributed by atoms with E-state index in [1.165, 1.54) is 0 Å². The SMILES string of the molecule is CCCCCn1nnnc1SCC(=O)O. The third-order valence-corrected chi connectivity index (χ3v) is 2.74. The third kappa shape index (κ3) is 4.28. The van der Waals surface area contributed by atoms with E-state index in [1.54, 1.807) is 4.68 Å². The number of rotatable bonds is 7. The molecule has 6 nitrogen and oxygen atoms in total. The van der Waals surface area contributed by atoms with E-state index in [0.29, 0.717) is 5.16 Å². The van der Waals surface area contributed by atoms with Gasteiger partial charge in [-0.15, -0.1) is 5.10 Å². The number of aryl methyl sites for hydroxylation is 1. The van der Waals surface area contributed by atoms with Crippen LogP contribution in [0.15, 0.2) is 5.16 Å². The molecule has 0 radical (unpaired) electrons. The third-order valence-electron chi connectivity index (χ3n) is 1.80. The molecule has 1 rings (SSSR count). The maximum Gasteiger partial charge on any atom is 0.313 e. The van der Waals surface area contributed by atoms with Gasteiger partial charge in [0.05, 0.1) is 5.75 Å². The molecule has 0 saturated carbocycles. The quantitative estimate of drug-likeness (QED) is 0.557. The van der Waals surface area contributed by atoms with Gasteiger partial charge < -0.3 is 5.11 Å². The van der Waals surface area contributed by atoms with Gasteiger partial charge in [0.15, 0.2) is 0 Å². The summed E-state index contributed by atoms with van der Waals surface area (Å²) in [4.78, 5) is 10.4. The van der Waals surface area contributed by atoms with Crippen molar-refractivity contribution in [2.24, 2.45) is 0 Å². The van der Waals surface area contributed by atoms with Gasteiger partial charge in [0, 0.05) is 6.54 Å². The maximum atomic E-state index is 10.4. The molecule has 0 bridgehead atoms.